The number of benzene rings is 1. The fourth-order valence-electron chi connectivity index (χ4n) is 3.27. The van der Waals surface area contributed by atoms with Crippen LogP contribution in [0.25, 0.3) is 6.08 Å². The van der Waals surface area contributed by atoms with Crippen molar-refractivity contribution < 1.29 is 19.5 Å². The number of carboxylic acids is 1. The summed E-state index contributed by atoms with van der Waals surface area (Å²) in [7, 11) is 0. The van der Waals surface area contributed by atoms with E-state index in [4.69, 9.17) is 0 Å². The lowest BCUT2D eigenvalue weighted by Gasteiger charge is -2.49. The minimum absolute atomic E-state index is 0.0289. The van der Waals surface area contributed by atoms with Gasteiger partial charge in [0.1, 0.15) is 17.1 Å². The number of nitrogens with one attached hydrogen (secondary N) is 1. The molecule has 4 rings (SSSR count). The third-order valence-electron chi connectivity index (χ3n) is 4.64. The number of hydrogen-bond acceptors (Lipinski definition) is 6. The number of allylic oxidation sites excluding steroid dienone is 1. The number of nitrogens with zero attached hydrogens (tertiary/aromatic N) is 2. The van der Waals surface area contributed by atoms with Crippen LogP contribution in [0.3, 0.4) is 0 Å². The van der Waals surface area contributed by atoms with Gasteiger partial charge < -0.3 is 10.4 Å². The molecular weight excluding hydrogens is 410 g/mol. The molecule has 3 heterocycles. The first-order valence-corrected chi connectivity index (χ1v) is 10.8. The predicted molar refractivity (Wildman–Crippen MR) is 111 cm³/mol. The van der Waals surface area contributed by atoms with Crippen LogP contribution in [-0.2, 0) is 20.8 Å². The number of fused-ring (bicyclic) bond motifs is 1. The third-order valence-corrected chi connectivity index (χ3v) is 6.51. The lowest BCUT2D eigenvalue weighted by Crippen LogP contribution is -2.70. The number of aliphatic carboxylic acids is 1. The summed E-state index contributed by atoms with van der Waals surface area (Å²) in [4.78, 5) is 38.1. The molecule has 7 nitrogen and oxygen atoms in total. The molecule has 29 heavy (non-hydrogen) atoms. The Morgan fingerprint density at radius 1 is 1.24 bits per heavy atom. The Bertz CT molecular complexity index is 1000. The molecule has 2 aliphatic heterocycles. The van der Waals surface area contributed by atoms with Crippen molar-refractivity contribution >= 4 is 47.2 Å². The van der Waals surface area contributed by atoms with Crippen LogP contribution in [-0.4, -0.2) is 49.3 Å². The number of carbonyl (C=O) groups is 3. The average Bonchev–Trinajstić information content (AvgIpc) is 3.24. The number of amides is 2. The van der Waals surface area contributed by atoms with Crippen molar-refractivity contribution in [1.29, 1.82) is 0 Å². The number of aromatic nitrogens is 1. The molecule has 0 spiro atoms. The molecule has 1 fully saturated rings. The highest BCUT2D eigenvalue weighted by Crippen LogP contribution is 2.40. The topological polar surface area (TPSA) is 99.6 Å². The summed E-state index contributed by atoms with van der Waals surface area (Å²) in [6, 6.07) is 10.4. The number of β-lactam (4-membered cyclic amide) rings is 1. The van der Waals surface area contributed by atoms with Crippen molar-refractivity contribution in [2.75, 3.05) is 5.75 Å². The summed E-state index contributed by atoms with van der Waals surface area (Å²) in [6.07, 6.45) is 3.60. The fraction of sp³-hybridized carbons (Fsp3) is 0.200. The van der Waals surface area contributed by atoms with Crippen LogP contribution in [0, 0.1) is 0 Å². The molecule has 0 aliphatic carbocycles. The van der Waals surface area contributed by atoms with Gasteiger partial charge in [0.25, 0.3) is 5.91 Å². The van der Waals surface area contributed by atoms with Crippen LogP contribution in [0.1, 0.15) is 11.3 Å². The molecule has 1 saturated heterocycles. The zero-order valence-electron chi connectivity index (χ0n) is 15.1. The molecule has 1 aromatic heterocycles. The Hall–Kier alpha value is -2.91. The van der Waals surface area contributed by atoms with Crippen LogP contribution in [0.4, 0.5) is 0 Å². The highest BCUT2D eigenvalue weighted by molar-refractivity contribution is 8.00. The number of hydrogen-bond donors (Lipinski definition) is 2. The van der Waals surface area contributed by atoms with Gasteiger partial charge in [-0.25, -0.2) is 4.79 Å². The van der Waals surface area contributed by atoms with E-state index in [0.29, 0.717) is 11.3 Å². The summed E-state index contributed by atoms with van der Waals surface area (Å²) in [5.74, 6) is -1.39. The van der Waals surface area contributed by atoms with E-state index in [1.807, 2.05) is 41.8 Å². The third kappa shape index (κ3) is 3.96. The van der Waals surface area contributed by atoms with E-state index in [-0.39, 0.29) is 18.0 Å². The lowest BCUT2D eigenvalue weighted by atomic mass is 10.0. The predicted octanol–water partition coefficient (Wildman–Crippen LogP) is 2.14. The molecule has 2 aliphatic rings. The monoisotopic (exact) mass is 427 g/mol. The van der Waals surface area contributed by atoms with Crippen LogP contribution in [0.2, 0.25) is 0 Å². The van der Waals surface area contributed by atoms with Gasteiger partial charge in [0, 0.05) is 11.1 Å². The number of rotatable bonds is 6. The first kappa shape index (κ1) is 19.4. The quantitative estimate of drug-likeness (QED) is 0.686. The van der Waals surface area contributed by atoms with Crippen molar-refractivity contribution in [3.05, 3.63) is 70.4 Å². The second kappa shape index (κ2) is 8.22. The molecule has 0 radical (unpaired) electrons. The summed E-state index contributed by atoms with van der Waals surface area (Å²) < 4.78 is 4.16. The fourth-order valence-corrected chi connectivity index (χ4v) is 5.09. The van der Waals surface area contributed by atoms with Crippen LogP contribution in [0.5, 0.6) is 0 Å². The van der Waals surface area contributed by atoms with Gasteiger partial charge in [0.15, 0.2) is 0 Å². The maximum atomic E-state index is 12.6. The molecular formula is C20H17N3O4S2. The van der Waals surface area contributed by atoms with Gasteiger partial charge in [-0.1, -0.05) is 36.4 Å². The van der Waals surface area contributed by atoms with Gasteiger partial charge in [0.2, 0.25) is 5.91 Å². The Morgan fingerprint density at radius 3 is 2.72 bits per heavy atom. The van der Waals surface area contributed by atoms with Gasteiger partial charge in [-0.2, -0.15) is 4.37 Å². The summed E-state index contributed by atoms with van der Waals surface area (Å²) in [6.45, 7) is 0. The zero-order valence-corrected chi connectivity index (χ0v) is 16.8. The van der Waals surface area contributed by atoms with Crippen molar-refractivity contribution in [2.24, 2.45) is 0 Å². The largest absolute Gasteiger partial charge is 0.477 e. The van der Waals surface area contributed by atoms with Gasteiger partial charge in [-0.05, 0) is 34.8 Å². The van der Waals surface area contributed by atoms with Crippen LogP contribution in [0.15, 0.2) is 59.1 Å². The number of thioether (sulfide) groups is 1. The second-order valence-corrected chi connectivity index (χ2v) is 8.32. The normalized spacial score (nSPS) is 21.1. The van der Waals surface area contributed by atoms with Crippen LogP contribution >= 0.6 is 23.3 Å². The van der Waals surface area contributed by atoms with Gasteiger partial charge in [-0.15, -0.1) is 11.8 Å². The van der Waals surface area contributed by atoms with Crippen molar-refractivity contribution in [2.45, 2.75) is 17.8 Å². The molecule has 2 aromatic rings. The summed E-state index contributed by atoms with van der Waals surface area (Å²) in [5.41, 5.74) is 2.11. The van der Waals surface area contributed by atoms with Crippen molar-refractivity contribution in [3.63, 3.8) is 0 Å². The number of carbonyl (C=O) groups excluding carboxylic acids is 2. The highest BCUT2D eigenvalue weighted by atomic mass is 32.2. The molecule has 0 bridgehead atoms. The number of carboxylic acid groups (broad SMARTS) is 1. The lowest BCUT2D eigenvalue weighted by molar-refractivity contribution is -0.150. The van der Waals surface area contributed by atoms with Crippen LogP contribution < -0.4 is 5.32 Å². The summed E-state index contributed by atoms with van der Waals surface area (Å²) in [5, 5.41) is 13.8. The smallest absolute Gasteiger partial charge is 0.352 e. The maximum Gasteiger partial charge on any atom is 0.352 e. The Morgan fingerprint density at radius 2 is 2.03 bits per heavy atom. The standard InChI is InChI=1S/C20H17N3O4S2/c24-15(10-12-4-2-1-3-5-12)21-16-18(25)23-17(20(26)27)13(11-28-19(16)23)6-7-14-8-9-29-22-14/h1-9,16,19H,10-11H2,(H,21,24)(H,26,27)/t16-,19+/m1/s1. The zero-order chi connectivity index (χ0) is 20.4. The Kier molecular flexibility index (Phi) is 5.50. The molecule has 0 unspecified atom stereocenters. The molecule has 2 N–H and O–H groups in total. The van der Waals surface area contributed by atoms with Crippen molar-refractivity contribution in [1.82, 2.24) is 14.6 Å². The molecule has 2 amide bonds. The first-order chi connectivity index (χ1) is 14.0. The molecule has 2 atom stereocenters. The van der Waals surface area contributed by atoms with E-state index >= 15 is 0 Å². The molecule has 9 heteroatoms. The molecule has 1 aromatic carbocycles. The van der Waals surface area contributed by atoms with E-state index in [2.05, 4.69) is 9.69 Å². The minimum Gasteiger partial charge on any atom is -0.477 e. The van der Waals surface area contributed by atoms with E-state index in [9.17, 15) is 19.5 Å². The average molecular weight is 428 g/mol. The Labute approximate surface area is 175 Å². The van der Waals surface area contributed by atoms with Gasteiger partial charge >= 0.3 is 5.97 Å². The van der Waals surface area contributed by atoms with E-state index in [1.54, 1.807) is 12.2 Å². The maximum absolute atomic E-state index is 12.6. The molecule has 0 saturated carbocycles. The molecule has 148 valence electrons. The highest BCUT2D eigenvalue weighted by Gasteiger charge is 2.53. The van der Waals surface area contributed by atoms with Crippen molar-refractivity contribution in [3.8, 4) is 0 Å². The Balaban J connectivity index is 1.48. The summed E-state index contributed by atoms with van der Waals surface area (Å²) >= 11 is 2.75. The van der Waals surface area contributed by atoms with Gasteiger partial charge in [-0.3, -0.25) is 14.5 Å². The van der Waals surface area contributed by atoms with E-state index in [0.717, 1.165) is 11.3 Å². The van der Waals surface area contributed by atoms with Gasteiger partial charge in [0.05, 0.1) is 12.1 Å². The minimum atomic E-state index is -1.16. The van der Waals surface area contributed by atoms with E-state index in [1.165, 1.54) is 28.2 Å². The first-order valence-electron chi connectivity index (χ1n) is 8.87. The SMILES string of the molecule is O=C(Cc1ccccc1)N[C@@H]1C(=O)N2C(C(=O)O)=C(C=Cc3ccsn3)CS[C@@H]12. The second-order valence-electron chi connectivity index (χ2n) is 6.55. The van der Waals surface area contributed by atoms with E-state index < -0.39 is 23.3 Å².